The topological polar surface area (TPSA) is 21.3 Å². The molecule has 0 heterocycles. The molecule has 0 fully saturated rings. The van der Waals surface area contributed by atoms with E-state index in [0.29, 0.717) is 6.04 Å². The van der Waals surface area contributed by atoms with Crippen molar-refractivity contribution in [1.82, 2.24) is 5.32 Å². The zero-order chi connectivity index (χ0) is 15.1. The first-order valence-corrected chi connectivity index (χ1v) is 8.07. The fourth-order valence-electron chi connectivity index (χ4n) is 2.22. The molecule has 0 aliphatic heterocycles. The van der Waals surface area contributed by atoms with Crippen molar-refractivity contribution in [1.29, 1.82) is 0 Å². The van der Waals surface area contributed by atoms with Crippen molar-refractivity contribution in [3.05, 3.63) is 64.1 Å². The van der Waals surface area contributed by atoms with E-state index in [-0.39, 0.29) is 0 Å². The van der Waals surface area contributed by atoms with Crippen LogP contribution in [0.4, 0.5) is 0 Å². The highest BCUT2D eigenvalue weighted by Crippen LogP contribution is 2.14. The predicted molar refractivity (Wildman–Crippen MR) is 91.8 cm³/mol. The molecule has 0 spiro atoms. The molecule has 3 heteroatoms. The van der Waals surface area contributed by atoms with Crippen LogP contribution in [-0.4, -0.2) is 13.2 Å². The lowest BCUT2D eigenvalue weighted by atomic mass is 10.1. The van der Waals surface area contributed by atoms with Crippen LogP contribution in [0.15, 0.2) is 53.0 Å². The van der Waals surface area contributed by atoms with Crippen molar-refractivity contribution in [2.45, 2.75) is 32.4 Å². The number of nitrogens with one attached hydrogen (secondary N) is 1. The van der Waals surface area contributed by atoms with Gasteiger partial charge in [-0.05, 0) is 55.2 Å². The van der Waals surface area contributed by atoms with Crippen LogP contribution in [0.3, 0.4) is 0 Å². The quantitative estimate of drug-likeness (QED) is 0.792. The number of methoxy groups -OCH3 is 1. The number of halogens is 1. The largest absolute Gasteiger partial charge is 0.497 e. The third kappa shape index (κ3) is 5.52. The molecular weight excluding hydrogens is 326 g/mol. The highest BCUT2D eigenvalue weighted by atomic mass is 79.9. The zero-order valence-electron chi connectivity index (χ0n) is 12.6. The minimum atomic E-state index is 0.492. The summed E-state index contributed by atoms with van der Waals surface area (Å²) in [6, 6.07) is 17.2. The zero-order valence-corrected chi connectivity index (χ0v) is 14.2. The van der Waals surface area contributed by atoms with Gasteiger partial charge in [0, 0.05) is 17.1 Å². The van der Waals surface area contributed by atoms with Gasteiger partial charge >= 0.3 is 0 Å². The molecule has 0 amide bonds. The van der Waals surface area contributed by atoms with Crippen molar-refractivity contribution in [2.75, 3.05) is 7.11 Å². The van der Waals surface area contributed by atoms with E-state index in [1.54, 1.807) is 7.11 Å². The van der Waals surface area contributed by atoms with Crippen molar-refractivity contribution >= 4 is 15.9 Å². The maximum atomic E-state index is 5.18. The lowest BCUT2D eigenvalue weighted by Gasteiger charge is -2.14. The van der Waals surface area contributed by atoms with Crippen LogP contribution in [-0.2, 0) is 13.0 Å². The molecule has 0 saturated carbocycles. The standard InChI is InChI=1S/C18H22BrNO/c1-14(20-13-16-4-3-5-17(19)12-16)6-7-15-8-10-18(21-2)11-9-15/h3-5,8-12,14,20H,6-7,13H2,1-2H3/t14-/m1/s1. The Morgan fingerprint density at radius 2 is 1.86 bits per heavy atom. The molecular formula is C18H22BrNO. The molecule has 2 aromatic rings. The molecule has 1 N–H and O–H groups in total. The SMILES string of the molecule is COc1ccc(CC[C@@H](C)NCc2cccc(Br)c2)cc1. The minimum Gasteiger partial charge on any atom is -0.497 e. The Morgan fingerprint density at radius 3 is 2.52 bits per heavy atom. The number of benzene rings is 2. The number of hydrogen-bond acceptors (Lipinski definition) is 2. The van der Waals surface area contributed by atoms with Crippen LogP contribution in [0.25, 0.3) is 0 Å². The van der Waals surface area contributed by atoms with Gasteiger partial charge in [-0.1, -0.05) is 40.2 Å². The summed E-state index contributed by atoms with van der Waals surface area (Å²) in [5.41, 5.74) is 2.66. The first kappa shape index (κ1) is 16.1. The van der Waals surface area contributed by atoms with Crippen LogP contribution in [0.5, 0.6) is 5.75 Å². The highest BCUT2D eigenvalue weighted by Gasteiger charge is 2.03. The van der Waals surface area contributed by atoms with Gasteiger partial charge in [-0.15, -0.1) is 0 Å². The summed E-state index contributed by atoms with van der Waals surface area (Å²) >= 11 is 3.50. The molecule has 21 heavy (non-hydrogen) atoms. The minimum absolute atomic E-state index is 0.492. The van der Waals surface area contributed by atoms with Gasteiger partial charge in [0.1, 0.15) is 5.75 Å². The summed E-state index contributed by atoms with van der Waals surface area (Å²) in [4.78, 5) is 0. The maximum absolute atomic E-state index is 5.18. The van der Waals surface area contributed by atoms with Gasteiger partial charge in [-0.2, -0.15) is 0 Å². The molecule has 2 rings (SSSR count). The molecule has 0 saturated heterocycles. The molecule has 0 aliphatic rings. The van der Waals surface area contributed by atoms with E-state index in [9.17, 15) is 0 Å². The third-order valence-corrected chi connectivity index (χ3v) is 4.06. The van der Waals surface area contributed by atoms with E-state index in [1.807, 2.05) is 12.1 Å². The maximum Gasteiger partial charge on any atom is 0.118 e. The van der Waals surface area contributed by atoms with E-state index in [4.69, 9.17) is 4.74 Å². The Hall–Kier alpha value is -1.32. The van der Waals surface area contributed by atoms with E-state index in [1.165, 1.54) is 11.1 Å². The predicted octanol–water partition coefficient (Wildman–Crippen LogP) is 4.57. The van der Waals surface area contributed by atoms with E-state index in [0.717, 1.165) is 29.6 Å². The number of hydrogen-bond donors (Lipinski definition) is 1. The van der Waals surface area contributed by atoms with Gasteiger partial charge in [-0.3, -0.25) is 0 Å². The molecule has 0 aromatic heterocycles. The van der Waals surface area contributed by atoms with Gasteiger partial charge in [-0.25, -0.2) is 0 Å². The van der Waals surface area contributed by atoms with Crippen molar-refractivity contribution in [3.8, 4) is 5.75 Å². The smallest absolute Gasteiger partial charge is 0.118 e. The summed E-state index contributed by atoms with van der Waals surface area (Å²) in [5.74, 6) is 0.916. The van der Waals surface area contributed by atoms with Crippen LogP contribution in [0.1, 0.15) is 24.5 Å². The summed E-state index contributed by atoms with van der Waals surface area (Å²) in [5, 5.41) is 3.57. The van der Waals surface area contributed by atoms with E-state index in [2.05, 4.69) is 64.6 Å². The lowest BCUT2D eigenvalue weighted by molar-refractivity contribution is 0.414. The Labute approximate surface area is 135 Å². The van der Waals surface area contributed by atoms with Gasteiger partial charge in [0.15, 0.2) is 0 Å². The summed E-state index contributed by atoms with van der Waals surface area (Å²) < 4.78 is 6.31. The molecule has 0 radical (unpaired) electrons. The Morgan fingerprint density at radius 1 is 1.10 bits per heavy atom. The average molecular weight is 348 g/mol. The van der Waals surface area contributed by atoms with E-state index >= 15 is 0 Å². The summed E-state index contributed by atoms with van der Waals surface area (Å²) in [6.07, 6.45) is 2.21. The van der Waals surface area contributed by atoms with Crippen LogP contribution < -0.4 is 10.1 Å². The van der Waals surface area contributed by atoms with Crippen molar-refractivity contribution in [2.24, 2.45) is 0 Å². The van der Waals surface area contributed by atoms with Gasteiger partial charge < -0.3 is 10.1 Å². The van der Waals surface area contributed by atoms with E-state index < -0.39 is 0 Å². The first-order valence-electron chi connectivity index (χ1n) is 7.28. The molecule has 112 valence electrons. The monoisotopic (exact) mass is 347 g/mol. The lowest BCUT2D eigenvalue weighted by Crippen LogP contribution is -2.25. The molecule has 0 aliphatic carbocycles. The number of aryl methyl sites for hydroxylation is 1. The van der Waals surface area contributed by atoms with Gasteiger partial charge in [0.25, 0.3) is 0 Å². The molecule has 0 bridgehead atoms. The second kappa shape index (κ2) is 8.20. The number of rotatable bonds is 7. The van der Waals surface area contributed by atoms with Gasteiger partial charge in [0.2, 0.25) is 0 Å². The Kier molecular flexibility index (Phi) is 6.27. The fraction of sp³-hybridized carbons (Fsp3) is 0.333. The second-order valence-electron chi connectivity index (χ2n) is 5.30. The van der Waals surface area contributed by atoms with Crippen molar-refractivity contribution < 1.29 is 4.74 Å². The van der Waals surface area contributed by atoms with Crippen molar-refractivity contribution in [3.63, 3.8) is 0 Å². The summed E-state index contributed by atoms with van der Waals surface area (Å²) in [6.45, 7) is 3.14. The molecule has 2 aromatic carbocycles. The average Bonchev–Trinajstić information content (AvgIpc) is 2.51. The van der Waals surface area contributed by atoms with Crippen LogP contribution in [0.2, 0.25) is 0 Å². The summed E-state index contributed by atoms with van der Waals surface area (Å²) in [7, 11) is 1.70. The number of ether oxygens (including phenoxy) is 1. The third-order valence-electron chi connectivity index (χ3n) is 3.57. The van der Waals surface area contributed by atoms with Crippen LogP contribution in [0, 0.1) is 0 Å². The van der Waals surface area contributed by atoms with Crippen LogP contribution >= 0.6 is 15.9 Å². The fourth-order valence-corrected chi connectivity index (χ4v) is 2.66. The normalized spacial score (nSPS) is 12.1. The molecule has 0 unspecified atom stereocenters. The Balaban J connectivity index is 1.75. The molecule has 2 nitrogen and oxygen atoms in total. The Bertz CT molecular complexity index is 553. The first-order chi connectivity index (χ1) is 10.2. The van der Waals surface area contributed by atoms with Gasteiger partial charge in [0.05, 0.1) is 7.11 Å². The molecule has 1 atom stereocenters. The highest BCUT2D eigenvalue weighted by molar-refractivity contribution is 9.10. The second-order valence-corrected chi connectivity index (χ2v) is 6.21.